The number of fused-ring (bicyclic) bond motifs is 5. The van der Waals surface area contributed by atoms with Gasteiger partial charge in [-0.25, -0.2) is 4.98 Å². The number of benzene rings is 1. The second kappa shape index (κ2) is 9.40. The second-order valence-corrected chi connectivity index (χ2v) is 10.1. The number of carbonyl (C=O) groups excluding carboxylic acids is 1. The average Bonchev–Trinajstić information content (AvgIpc) is 3.07. The third-order valence-electron chi connectivity index (χ3n) is 6.58. The minimum atomic E-state index is -0.184. The number of nitrogens with one attached hydrogen (secondary N) is 2. The van der Waals surface area contributed by atoms with Gasteiger partial charge >= 0.3 is 0 Å². The lowest BCUT2D eigenvalue weighted by atomic mass is 9.95. The number of carbonyl (C=O) groups is 1. The Morgan fingerprint density at radius 1 is 1.14 bits per heavy atom. The van der Waals surface area contributed by atoms with E-state index in [-0.39, 0.29) is 5.91 Å². The first-order valence-corrected chi connectivity index (χ1v) is 12.9. The van der Waals surface area contributed by atoms with E-state index in [1.165, 1.54) is 0 Å². The first-order valence-electron chi connectivity index (χ1n) is 12.1. The van der Waals surface area contributed by atoms with E-state index < -0.39 is 0 Å². The van der Waals surface area contributed by atoms with Crippen molar-refractivity contribution in [2.75, 3.05) is 36.0 Å². The molecule has 9 heteroatoms. The topological polar surface area (TPSA) is 86.3 Å². The number of hydrogen-bond acceptors (Lipinski definition) is 8. The molecule has 3 aromatic rings. The van der Waals surface area contributed by atoms with E-state index in [0.29, 0.717) is 23.4 Å². The second-order valence-electron chi connectivity index (χ2n) is 9.03. The molecule has 0 radical (unpaired) electrons. The highest BCUT2D eigenvalue weighted by molar-refractivity contribution is 8.03. The maximum absolute atomic E-state index is 13.6. The van der Waals surface area contributed by atoms with Crippen molar-refractivity contribution < 1.29 is 4.79 Å². The van der Waals surface area contributed by atoms with Crippen molar-refractivity contribution >= 4 is 40.6 Å². The van der Waals surface area contributed by atoms with Crippen LogP contribution in [0.2, 0.25) is 0 Å². The molecular weight excluding hydrogens is 470 g/mol. The van der Waals surface area contributed by atoms with Crippen LogP contribution in [0.5, 0.6) is 0 Å². The van der Waals surface area contributed by atoms with Crippen LogP contribution in [0.4, 0.5) is 17.3 Å². The Balaban J connectivity index is 1.38. The molecule has 0 atom stereocenters. The Morgan fingerprint density at radius 2 is 2.03 bits per heavy atom. The Hall–Kier alpha value is -3.69. The highest BCUT2D eigenvalue weighted by atomic mass is 32.2. The highest BCUT2D eigenvalue weighted by Crippen LogP contribution is 2.56. The number of amides is 1. The first kappa shape index (κ1) is 22.8. The van der Waals surface area contributed by atoms with Gasteiger partial charge in [-0.1, -0.05) is 30.5 Å². The molecular formula is C27H27N7OS. The van der Waals surface area contributed by atoms with Crippen molar-refractivity contribution in [2.24, 2.45) is 0 Å². The summed E-state index contributed by atoms with van der Waals surface area (Å²) < 4.78 is 0. The Bertz CT molecular complexity index is 1380. The van der Waals surface area contributed by atoms with Gasteiger partial charge in [0.15, 0.2) is 0 Å². The van der Waals surface area contributed by atoms with Crippen LogP contribution < -0.4 is 20.4 Å². The van der Waals surface area contributed by atoms with Gasteiger partial charge in [0.2, 0.25) is 0 Å². The van der Waals surface area contributed by atoms with Crippen molar-refractivity contribution in [3.63, 3.8) is 0 Å². The number of aromatic nitrogens is 3. The van der Waals surface area contributed by atoms with Gasteiger partial charge in [0.25, 0.3) is 5.91 Å². The van der Waals surface area contributed by atoms with Gasteiger partial charge in [-0.15, -0.1) is 0 Å². The van der Waals surface area contributed by atoms with Gasteiger partial charge < -0.3 is 15.5 Å². The van der Waals surface area contributed by atoms with Gasteiger partial charge in [0, 0.05) is 36.3 Å². The summed E-state index contributed by atoms with van der Waals surface area (Å²) in [6.45, 7) is 10.4. The van der Waals surface area contributed by atoms with E-state index in [1.54, 1.807) is 24.2 Å². The van der Waals surface area contributed by atoms with Gasteiger partial charge in [0.1, 0.15) is 11.6 Å². The molecule has 3 aliphatic heterocycles. The van der Waals surface area contributed by atoms with E-state index in [2.05, 4.69) is 55.2 Å². The van der Waals surface area contributed by atoms with E-state index in [1.807, 2.05) is 25.1 Å². The molecule has 0 saturated carbocycles. The van der Waals surface area contributed by atoms with E-state index in [0.717, 1.165) is 71.1 Å². The fourth-order valence-electron chi connectivity index (χ4n) is 4.72. The summed E-state index contributed by atoms with van der Waals surface area (Å²) in [5.74, 6) is 1.59. The fraction of sp³-hybridized carbons (Fsp3) is 0.259. The van der Waals surface area contributed by atoms with Crippen LogP contribution in [-0.4, -0.2) is 47.0 Å². The third-order valence-corrected chi connectivity index (χ3v) is 7.73. The lowest BCUT2D eigenvalue weighted by molar-refractivity contribution is -0.117. The minimum Gasteiger partial charge on any atom is -0.355 e. The molecule has 1 amide bonds. The van der Waals surface area contributed by atoms with E-state index in [4.69, 9.17) is 4.98 Å². The quantitative estimate of drug-likeness (QED) is 0.563. The zero-order valence-corrected chi connectivity index (χ0v) is 20.9. The van der Waals surface area contributed by atoms with Crippen molar-refractivity contribution in [1.82, 2.24) is 25.6 Å². The number of aryl methyl sites for hydroxylation is 1. The Kier molecular flexibility index (Phi) is 5.94. The summed E-state index contributed by atoms with van der Waals surface area (Å²) in [4.78, 5) is 32.9. The molecule has 2 aromatic heterocycles. The van der Waals surface area contributed by atoms with Crippen LogP contribution in [0, 0.1) is 6.92 Å². The van der Waals surface area contributed by atoms with Crippen LogP contribution >= 0.6 is 11.8 Å². The number of thioether (sulfide) groups is 1. The van der Waals surface area contributed by atoms with E-state index >= 15 is 0 Å². The smallest absolute Gasteiger partial charge is 0.254 e. The molecule has 1 aromatic carbocycles. The minimum absolute atomic E-state index is 0.184. The summed E-state index contributed by atoms with van der Waals surface area (Å²) in [6, 6.07) is 12.3. The fourth-order valence-corrected chi connectivity index (χ4v) is 5.94. The number of nitrogens with zero attached hydrogens (tertiary/aromatic N) is 5. The van der Waals surface area contributed by atoms with Crippen molar-refractivity contribution in [3.05, 3.63) is 82.9 Å². The van der Waals surface area contributed by atoms with Crippen molar-refractivity contribution in [3.8, 4) is 0 Å². The molecule has 0 unspecified atom stereocenters. The summed E-state index contributed by atoms with van der Waals surface area (Å²) in [5, 5.41) is 7.31. The molecule has 182 valence electrons. The SMILES string of the molecule is C=C1C(C(=O)NCc2cnc(C)cn2)=C2Sc3ccccc3N2c2nc(N3CCCNCC3)ccc21. The first-order chi connectivity index (χ1) is 17.6. The molecule has 8 nitrogen and oxygen atoms in total. The molecule has 1 saturated heterocycles. The van der Waals surface area contributed by atoms with Crippen LogP contribution in [0.3, 0.4) is 0 Å². The van der Waals surface area contributed by atoms with Crippen molar-refractivity contribution in [1.29, 1.82) is 0 Å². The van der Waals surface area contributed by atoms with Crippen LogP contribution in [0.15, 0.2) is 70.9 Å². The monoisotopic (exact) mass is 497 g/mol. The zero-order valence-electron chi connectivity index (χ0n) is 20.1. The average molecular weight is 498 g/mol. The summed E-state index contributed by atoms with van der Waals surface area (Å²) in [5.41, 5.74) is 4.69. The largest absolute Gasteiger partial charge is 0.355 e. The van der Waals surface area contributed by atoms with Gasteiger partial charge in [-0.3, -0.25) is 19.7 Å². The summed E-state index contributed by atoms with van der Waals surface area (Å²) >= 11 is 1.58. The zero-order chi connectivity index (χ0) is 24.6. The number of para-hydroxylation sites is 1. The Morgan fingerprint density at radius 3 is 2.89 bits per heavy atom. The normalized spacial score (nSPS) is 16.9. The lowest BCUT2D eigenvalue weighted by Crippen LogP contribution is -2.32. The maximum Gasteiger partial charge on any atom is 0.254 e. The number of hydrogen-bond donors (Lipinski definition) is 2. The summed E-state index contributed by atoms with van der Waals surface area (Å²) in [7, 11) is 0. The van der Waals surface area contributed by atoms with E-state index in [9.17, 15) is 4.79 Å². The van der Waals surface area contributed by atoms with Crippen LogP contribution in [0.1, 0.15) is 23.4 Å². The Labute approximate surface area is 214 Å². The molecule has 36 heavy (non-hydrogen) atoms. The third kappa shape index (κ3) is 4.04. The summed E-state index contributed by atoms with van der Waals surface area (Å²) in [6.07, 6.45) is 4.47. The lowest BCUT2D eigenvalue weighted by Gasteiger charge is -2.32. The van der Waals surface area contributed by atoms with Gasteiger partial charge in [0.05, 0.1) is 40.4 Å². The molecule has 5 heterocycles. The predicted molar refractivity (Wildman–Crippen MR) is 143 cm³/mol. The molecule has 0 spiro atoms. The molecule has 0 bridgehead atoms. The highest BCUT2D eigenvalue weighted by Gasteiger charge is 2.39. The van der Waals surface area contributed by atoms with Crippen LogP contribution in [-0.2, 0) is 11.3 Å². The van der Waals surface area contributed by atoms with Gasteiger partial charge in [-0.05, 0) is 49.7 Å². The predicted octanol–water partition coefficient (Wildman–Crippen LogP) is 3.78. The van der Waals surface area contributed by atoms with Gasteiger partial charge in [-0.2, -0.15) is 0 Å². The molecule has 1 fully saturated rings. The molecule has 2 N–H and O–H groups in total. The van der Waals surface area contributed by atoms with Crippen LogP contribution in [0.25, 0.3) is 5.57 Å². The van der Waals surface area contributed by atoms with Crippen molar-refractivity contribution in [2.45, 2.75) is 24.8 Å². The molecule has 0 aliphatic carbocycles. The maximum atomic E-state index is 13.6. The molecule has 3 aliphatic rings. The molecule has 6 rings (SSSR count). The number of anilines is 3. The standard InChI is InChI=1S/C27H27N7OS/c1-17-14-30-19(15-29-17)16-31-26(35)24-18(2)20-8-9-23(33-12-5-10-28-11-13-33)32-25(20)34-21-6-3-4-7-22(21)36-27(24)34/h3-4,6-9,14-15,28H,2,5,10-13,16H2,1H3,(H,31,35). The number of rotatable bonds is 4. The number of pyridine rings is 1.